The van der Waals surface area contributed by atoms with Gasteiger partial charge in [0.05, 0.1) is 0 Å². The van der Waals surface area contributed by atoms with Gasteiger partial charge in [-0.25, -0.2) is 0 Å². The van der Waals surface area contributed by atoms with Gasteiger partial charge in [0, 0.05) is 5.56 Å². The Morgan fingerprint density at radius 1 is 0.419 bits per heavy atom. The van der Waals surface area contributed by atoms with Crippen molar-refractivity contribution in [2.24, 2.45) is 5.92 Å². The molecule has 43 heavy (non-hydrogen) atoms. The smallest absolute Gasteiger partial charge is 0.119 e. The lowest BCUT2D eigenvalue weighted by atomic mass is 9.84. The zero-order chi connectivity index (χ0) is 31.4. The largest absolute Gasteiger partial charge is 0.508 e. The van der Waals surface area contributed by atoms with Crippen molar-refractivity contribution in [1.29, 1.82) is 0 Å². The van der Waals surface area contributed by atoms with Gasteiger partial charge in [-0.2, -0.15) is 0 Å². The van der Waals surface area contributed by atoms with Crippen molar-refractivity contribution in [3.63, 3.8) is 0 Å². The van der Waals surface area contributed by atoms with Crippen molar-refractivity contribution in [1.82, 2.24) is 0 Å². The van der Waals surface area contributed by atoms with E-state index < -0.39 is 0 Å². The Morgan fingerprint density at radius 3 is 1.19 bits per heavy atom. The average Bonchev–Trinajstić information content (AvgIpc) is 3.00. The molecule has 1 atom stereocenters. The summed E-state index contributed by atoms with van der Waals surface area (Å²) in [7, 11) is 0. The summed E-state index contributed by atoms with van der Waals surface area (Å²) in [5.74, 6) is 1.83. The lowest BCUT2D eigenvalue weighted by Gasteiger charge is -2.22. The third-order valence-corrected chi connectivity index (χ3v) is 9.92. The number of phenols is 2. The minimum absolute atomic E-state index is 0.360. The average molecular weight is 601 g/mol. The van der Waals surface area contributed by atoms with E-state index in [1.807, 2.05) is 12.1 Å². The molecule has 0 heterocycles. The maximum absolute atomic E-state index is 11.3. The molecular formula is C41H76O2. The van der Waals surface area contributed by atoms with E-state index >= 15 is 0 Å². The molecule has 0 spiro atoms. The molecule has 0 saturated heterocycles. The van der Waals surface area contributed by atoms with Gasteiger partial charge in [-0.15, -0.1) is 0 Å². The topological polar surface area (TPSA) is 40.5 Å². The highest BCUT2D eigenvalue weighted by Gasteiger charge is 2.20. The number of aromatic hydroxyl groups is 2. The van der Waals surface area contributed by atoms with Gasteiger partial charge in [0.15, 0.2) is 0 Å². The highest BCUT2D eigenvalue weighted by molar-refractivity contribution is 5.47. The van der Waals surface area contributed by atoms with Crippen molar-refractivity contribution in [3.05, 3.63) is 23.3 Å². The van der Waals surface area contributed by atoms with Crippen LogP contribution in [-0.2, 0) is 6.42 Å². The summed E-state index contributed by atoms with van der Waals surface area (Å²) in [4.78, 5) is 0. The number of phenolic OH excluding ortho intramolecular Hbond substituents is 2. The van der Waals surface area contributed by atoms with Crippen molar-refractivity contribution in [3.8, 4) is 11.5 Å². The molecular weight excluding hydrogens is 524 g/mol. The molecule has 0 fully saturated rings. The molecule has 0 aliphatic carbocycles. The predicted octanol–water partition coefficient (Wildman–Crippen LogP) is 14.3. The summed E-state index contributed by atoms with van der Waals surface area (Å²) >= 11 is 0. The van der Waals surface area contributed by atoms with Crippen molar-refractivity contribution >= 4 is 0 Å². The second-order valence-electron chi connectivity index (χ2n) is 14.0. The summed E-state index contributed by atoms with van der Waals surface area (Å²) in [6.07, 6.45) is 37.4. The number of hydrogen-bond acceptors (Lipinski definition) is 2. The monoisotopic (exact) mass is 601 g/mol. The molecule has 0 bridgehead atoms. The lowest BCUT2D eigenvalue weighted by Crippen LogP contribution is -2.07. The zero-order valence-corrected chi connectivity index (χ0v) is 29.7. The molecule has 2 N–H and O–H groups in total. The minimum Gasteiger partial charge on any atom is -0.508 e. The molecule has 0 amide bonds. The van der Waals surface area contributed by atoms with Crippen LogP contribution in [0.5, 0.6) is 11.5 Å². The van der Waals surface area contributed by atoms with Gasteiger partial charge in [-0.3, -0.25) is 0 Å². The van der Waals surface area contributed by atoms with Gasteiger partial charge < -0.3 is 10.2 Å². The standard InChI is InChI=1S/C41H76O2/c1-5-9-13-17-20-23-27-31-37(32-28-24-21-18-14-10-6-2)39-35-40(42)38(34-41(39)43)33-36(29-25-16-12-8-4)30-26-22-19-15-11-7-3/h34-37,42-43H,5-33H2,1-4H3. The molecule has 1 aromatic carbocycles. The normalized spacial score (nSPS) is 12.4. The van der Waals surface area contributed by atoms with E-state index in [1.165, 1.54) is 167 Å². The molecule has 0 radical (unpaired) electrons. The van der Waals surface area contributed by atoms with Gasteiger partial charge in [0.2, 0.25) is 0 Å². The second-order valence-corrected chi connectivity index (χ2v) is 14.0. The van der Waals surface area contributed by atoms with Gasteiger partial charge >= 0.3 is 0 Å². The van der Waals surface area contributed by atoms with Crippen LogP contribution < -0.4 is 0 Å². The summed E-state index contributed by atoms with van der Waals surface area (Å²) in [6.45, 7) is 9.13. The van der Waals surface area contributed by atoms with Crippen LogP contribution in [0.15, 0.2) is 12.1 Å². The molecule has 2 nitrogen and oxygen atoms in total. The Morgan fingerprint density at radius 2 is 0.767 bits per heavy atom. The Kier molecular flexibility index (Phi) is 26.2. The molecule has 0 aliphatic rings. The predicted molar refractivity (Wildman–Crippen MR) is 192 cm³/mol. The molecule has 0 aliphatic heterocycles. The number of rotatable bonds is 31. The van der Waals surface area contributed by atoms with Gasteiger partial charge in [0.25, 0.3) is 0 Å². The first kappa shape index (κ1) is 39.8. The summed E-state index contributed by atoms with van der Waals surface area (Å²) < 4.78 is 0. The van der Waals surface area contributed by atoms with E-state index in [0.29, 0.717) is 23.3 Å². The van der Waals surface area contributed by atoms with Gasteiger partial charge in [-0.05, 0) is 48.8 Å². The molecule has 1 unspecified atom stereocenters. The first-order valence-corrected chi connectivity index (χ1v) is 19.6. The molecule has 1 aromatic rings. The fourth-order valence-electron chi connectivity index (χ4n) is 7.01. The van der Waals surface area contributed by atoms with E-state index in [1.54, 1.807) is 0 Å². The number of benzene rings is 1. The Balaban J connectivity index is 2.84. The Bertz CT molecular complexity index is 723. The number of unbranched alkanes of at least 4 members (excludes halogenated alkanes) is 20. The highest BCUT2D eigenvalue weighted by Crippen LogP contribution is 2.39. The SMILES string of the molecule is CCCCCCCCCC(CCCCCCCCC)c1cc(O)c(CC(CCCCCC)CCCCCCCC)cc1O. The van der Waals surface area contributed by atoms with E-state index in [9.17, 15) is 10.2 Å². The van der Waals surface area contributed by atoms with E-state index in [-0.39, 0.29) is 0 Å². The van der Waals surface area contributed by atoms with Crippen molar-refractivity contribution in [2.45, 2.75) is 220 Å². The summed E-state index contributed by atoms with van der Waals surface area (Å²) in [6, 6.07) is 3.92. The molecule has 2 heteroatoms. The Hall–Kier alpha value is -1.18. The van der Waals surface area contributed by atoms with Crippen LogP contribution >= 0.6 is 0 Å². The molecule has 1 rings (SSSR count). The summed E-state index contributed by atoms with van der Waals surface area (Å²) in [5, 5.41) is 22.6. The van der Waals surface area contributed by atoms with E-state index in [2.05, 4.69) is 27.7 Å². The third-order valence-electron chi connectivity index (χ3n) is 9.92. The summed E-state index contributed by atoms with van der Waals surface area (Å²) in [5.41, 5.74) is 1.98. The maximum Gasteiger partial charge on any atom is 0.119 e. The van der Waals surface area contributed by atoms with E-state index in [4.69, 9.17) is 0 Å². The first-order valence-electron chi connectivity index (χ1n) is 19.6. The third kappa shape index (κ3) is 20.5. The van der Waals surface area contributed by atoms with Crippen LogP contribution in [0.25, 0.3) is 0 Å². The van der Waals surface area contributed by atoms with Crippen LogP contribution in [0.2, 0.25) is 0 Å². The first-order chi connectivity index (χ1) is 21.1. The maximum atomic E-state index is 11.3. The minimum atomic E-state index is 0.360. The highest BCUT2D eigenvalue weighted by atomic mass is 16.3. The fourth-order valence-corrected chi connectivity index (χ4v) is 7.01. The lowest BCUT2D eigenvalue weighted by molar-refractivity contribution is 0.388. The van der Waals surface area contributed by atoms with Crippen LogP contribution in [0.4, 0.5) is 0 Å². The van der Waals surface area contributed by atoms with Crippen LogP contribution in [0, 0.1) is 5.92 Å². The second kappa shape index (κ2) is 28.3. The zero-order valence-electron chi connectivity index (χ0n) is 29.7. The van der Waals surface area contributed by atoms with E-state index in [0.717, 1.165) is 30.4 Å². The van der Waals surface area contributed by atoms with Crippen LogP contribution in [0.3, 0.4) is 0 Å². The van der Waals surface area contributed by atoms with Crippen molar-refractivity contribution in [2.75, 3.05) is 0 Å². The quantitative estimate of drug-likeness (QED) is 0.0657. The molecule has 252 valence electrons. The van der Waals surface area contributed by atoms with Gasteiger partial charge in [-0.1, -0.05) is 195 Å². The van der Waals surface area contributed by atoms with Crippen LogP contribution in [-0.4, -0.2) is 10.2 Å². The number of hydrogen-bond donors (Lipinski definition) is 2. The fraction of sp³-hybridized carbons (Fsp3) is 0.854. The van der Waals surface area contributed by atoms with Gasteiger partial charge in [0.1, 0.15) is 11.5 Å². The Labute approximate surface area is 270 Å². The molecule has 0 saturated carbocycles. The van der Waals surface area contributed by atoms with Crippen LogP contribution in [0.1, 0.15) is 225 Å². The molecule has 0 aromatic heterocycles. The van der Waals surface area contributed by atoms with Crippen molar-refractivity contribution < 1.29 is 10.2 Å².